The summed E-state index contributed by atoms with van der Waals surface area (Å²) in [6.45, 7) is 5.37. The van der Waals surface area contributed by atoms with E-state index in [0.717, 1.165) is 35.5 Å². The molecule has 0 saturated heterocycles. The van der Waals surface area contributed by atoms with Gasteiger partial charge in [0.2, 0.25) is 0 Å². The monoisotopic (exact) mass is 208 g/mol. The van der Waals surface area contributed by atoms with Crippen molar-refractivity contribution < 1.29 is 3.07 Å². The fourth-order valence-corrected chi connectivity index (χ4v) is 0.692. The summed E-state index contributed by atoms with van der Waals surface area (Å²) in [6.07, 6.45) is 1.21. The van der Waals surface area contributed by atoms with Crippen molar-refractivity contribution in [2.75, 3.05) is 6.61 Å². The molecule has 0 aliphatic rings. The third kappa shape index (κ3) is 6.76. The van der Waals surface area contributed by atoms with Gasteiger partial charge in [-0.15, -0.1) is 0 Å². The summed E-state index contributed by atoms with van der Waals surface area (Å²) in [5.41, 5.74) is 0. The zero-order valence-electron chi connectivity index (χ0n) is 4.98. The molecule has 0 bridgehead atoms. The molecule has 1 nitrogen and oxygen atoms in total. The number of hydrogen-bond donors (Lipinski definition) is 0. The van der Waals surface area contributed by atoms with E-state index in [4.69, 9.17) is 3.07 Å². The summed E-state index contributed by atoms with van der Waals surface area (Å²) in [4.78, 5) is 0. The van der Waals surface area contributed by atoms with Crippen molar-refractivity contribution in [3.8, 4) is 0 Å². The number of rotatable bonds is 3. The van der Waals surface area contributed by atoms with Crippen LogP contribution in [0.1, 0.15) is 20.3 Å². The second-order valence-corrected chi connectivity index (χ2v) is 3.00. The number of hydrogen-bond acceptors (Lipinski definition) is 1. The van der Waals surface area contributed by atoms with Crippen LogP contribution in [0.2, 0.25) is 0 Å². The summed E-state index contributed by atoms with van der Waals surface area (Å²) >= 11 is 0.949. The van der Waals surface area contributed by atoms with E-state index in [2.05, 4.69) is 13.8 Å². The molecule has 0 unspecified atom stereocenters. The van der Waals surface area contributed by atoms with E-state index in [9.17, 15) is 0 Å². The first-order valence-electron chi connectivity index (χ1n) is 2.59. The SMILES string of the molecule is CC(C)CC[O][SnH]. The van der Waals surface area contributed by atoms with Crippen LogP contribution in [-0.2, 0) is 3.07 Å². The van der Waals surface area contributed by atoms with Gasteiger partial charge in [-0.2, -0.15) is 0 Å². The molecule has 0 aromatic carbocycles. The van der Waals surface area contributed by atoms with Crippen molar-refractivity contribution in [1.82, 2.24) is 0 Å². The van der Waals surface area contributed by atoms with E-state index in [0.29, 0.717) is 0 Å². The van der Waals surface area contributed by atoms with Gasteiger partial charge in [0.05, 0.1) is 0 Å². The molecule has 2 radical (unpaired) electrons. The Morgan fingerprint density at radius 1 is 1.57 bits per heavy atom. The van der Waals surface area contributed by atoms with Crippen LogP contribution in [0, 0.1) is 5.92 Å². The van der Waals surface area contributed by atoms with E-state index < -0.39 is 0 Å². The van der Waals surface area contributed by atoms with Gasteiger partial charge < -0.3 is 0 Å². The summed E-state index contributed by atoms with van der Waals surface area (Å²) in [5, 5.41) is 0. The van der Waals surface area contributed by atoms with E-state index in [1.54, 1.807) is 0 Å². The molecule has 42 valence electrons. The van der Waals surface area contributed by atoms with Crippen molar-refractivity contribution in [3.63, 3.8) is 0 Å². The van der Waals surface area contributed by atoms with E-state index in [1.807, 2.05) is 0 Å². The Kier molecular flexibility index (Phi) is 5.44. The van der Waals surface area contributed by atoms with E-state index >= 15 is 0 Å². The Labute approximate surface area is 59.1 Å². The van der Waals surface area contributed by atoms with E-state index in [1.165, 1.54) is 6.42 Å². The molecular weight excluding hydrogens is 195 g/mol. The van der Waals surface area contributed by atoms with Crippen molar-refractivity contribution in [1.29, 1.82) is 0 Å². The third-order valence-electron chi connectivity index (χ3n) is 0.813. The van der Waals surface area contributed by atoms with Gasteiger partial charge >= 0.3 is 58.8 Å². The topological polar surface area (TPSA) is 9.23 Å². The Bertz CT molecular complexity index is 37.1. The molecule has 0 aromatic rings. The Hall–Kier alpha value is 0.759. The average molecular weight is 207 g/mol. The second kappa shape index (κ2) is 4.91. The fourth-order valence-electron chi connectivity index (χ4n) is 0.304. The van der Waals surface area contributed by atoms with Crippen LogP contribution in [0.25, 0.3) is 0 Å². The van der Waals surface area contributed by atoms with Gasteiger partial charge in [-0.3, -0.25) is 0 Å². The van der Waals surface area contributed by atoms with Crippen LogP contribution >= 0.6 is 0 Å². The normalized spacial score (nSPS) is 10.3. The minimum atomic E-state index is 0.799. The van der Waals surface area contributed by atoms with Gasteiger partial charge in [-0.25, -0.2) is 0 Å². The Morgan fingerprint density at radius 3 is 2.29 bits per heavy atom. The van der Waals surface area contributed by atoms with Crippen LogP contribution in [0.3, 0.4) is 0 Å². The zero-order valence-corrected chi connectivity index (χ0v) is 8.27. The van der Waals surface area contributed by atoms with Crippen LogP contribution < -0.4 is 0 Å². The predicted octanol–water partition coefficient (Wildman–Crippen LogP) is 0.865. The van der Waals surface area contributed by atoms with Crippen molar-refractivity contribution in [2.24, 2.45) is 5.92 Å². The molecule has 7 heavy (non-hydrogen) atoms. The molecule has 0 saturated carbocycles. The first kappa shape index (κ1) is 7.76. The molecule has 0 aliphatic heterocycles. The van der Waals surface area contributed by atoms with E-state index in [-0.39, 0.29) is 0 Å². The van der Waals surface area contributed by atoms with Gasteiger partial charge in [0.25, 0.3) is 0 Å². The van der Waals surface area contributed by atoms with Crippen molar-refractivity contribution >= 4 is 22.9 Å². The van der Waals surface area contributed by atoms with Gasteiger partial charge in [-0.05, 0) is 0 Å². The maximum absolute atomic E-state index is 4.98. The molecular formula is C5H12OSn. The zero-order chi connectivity index (χ0) is 5.70. The third-order valence-corrected chi connectivity index (χ3v) is 1.49. The molecule has 0 fully saturated rings. The molecule has 0 aliphatic carbocycles. The Morgan fingerprint density at radius 2 is 2.14 bits per heavy atom. The second-order valence-electron chi connectivity index (χ2n) is 2.05. The van der Waals surface area contributed by atoms with Crippen LogP contribution in [0.5, 0.6) is 0 Å². The first-order chi connectivity index (χ1) is 3.27. The van der Waals surface area contributed by atoms with Gasteiger partial charge in [0.1, 0.15) is 0 Å². The molecule has 0 aromatic heterocycles. The van der Waals surface area contributed by atoms with Gasteiger partial charge in [-0.1, -0.05) is 0 Å². The summed E-state index contributed by atoms with van der Waals surface area (Å²) < 4.78 is 4.98. The molecule has 2 heteroatoms. The first-order valence-corrected chi connectivity index (χ1v) is 3.93. The molecule has 0 amide bonds. The van der Waals surface area contributed by atoms with Crippen molar-refractivity contribution in [2.45, 2.75) is 20.3 Å². The minimum absolute atomic E-state index is 0.799. The molecule has 0 spiro atoms. The Balaban J connectivity index is 2.68. The standard InChI is InChI=1S/C5H11O.Sn.H/c1-5(2)3-4-6;;/h5H,3-4H2,1-2H3;;/q-1;+1;. The van der Waals surface area contributed by atoms with Crippen LogP contribution in [0.15, 0.2) is 0 Å². The average Bonchev–Trinajstić information content (AvgIpc) is 1.61. The summed E-state index contributed by atoms with van der Waals surface area (Å²) in [5.74, 6) is 0.799. The summed E-state index contributed by atoms with van der Waals surface area (Å²) in [6, 6.07) is 0. The molecule has 0 N–H and O–H groups in total. The molecule has 0 rings (SSSR count). The fraction of sp³-hybridized carbons (Fsp3) is 1.00. The van der Waals surface area contributed by atoms with Crippen LogP contribution in [0.4, 0.5) is 0 Å². The van der Waals surface area contributed by atoms with Crippen molar-refractivity contribution in [3.05, 3.63) is 0 Å². The van der Waals surface area contributed by atoms with Crippen LogP contribution in [-0.4, -0.2) is 29.5 Å². The summed E-state index contributed by atoms with van der Waals surface area (Å²) in [7, 11) is 0. The molecule has 0 atom stereocenters. The quantitative estimate of drug-likeness (QED) is 0.623. The predicted molar refractivity (Wildman–Crippen MR) is 32.6 cm³/mol. The maximum atomic E-state index is 4.98. The molecule has 0 heterocycles. The van der Waals surface area contributed by atoms with Gasteiger partial charge in [0.15, 0.2) is 0 Å². The van der Waals surface area contributed by atoms with Gasteiger partial charge in [0, 0.05) is 0 Å².